The van der Waals surface area contributed by atoms with Crippen molar-refractivity contribution in [3.05, 3.63) is 64.7 Å². The first-order valence-electron chi connectivity index (χ1n) is 13.3. The van der Waals surface area contributed by atoms with Gasteiger partial charge in [0.25, 0.3) is 0 Å². The first-order chi connectivity index (χ1) is 17.3. The highest BCUT2D eigenvalue weighted by Gasteiger charge is 2.76. The van der Waals surface area contributed by atoms with Crippen molar-refractivity contribution in [2.24, 2.45) is 5.92 Å². The van der Waals surface area contributed by atoms with Gasteiger partial charge in [0.2, 0.25) is 5.91 Å². The van der Waals surface area contributed by atoms with Crippen LogP contribution in [0.1, 0.15) is 47.9 Å². The number of ether oxygens (including phenoxy) is 1. The Morgan fingerprint density at radius 3 is 2.89 bits per heavy atom. The number of phenols is 1. The average molecular weight is 487 g/mol. The molecular formula is C30H34N2O4. The molecule has 3 aliphatic carbocycles. The number of aryl methyl sites for hydroxylation is 1. The number of likely N-dealkylation sites (tertiary alicyclic amines) is 1. The molecule has 188 valence electrons. The van der Waals surface area contributed by atoms with Crippen molar-refractivity contribution in [1.29, 1.82) is 0 Å². The molecule has 5 atom stereocenters. The molecule has 1 amide bonds. The summed E-state index contributed by atoms with van der Waals surface area (Å²) in [4.78, 5) is 17.6. The topological polar surface area (TPSA) is 73.2 Å². The predicted octanol–water partition coefficient (Wildman–Crippen LogP) is 3.42. The molecule has 1 spiro atoms. The highest BCUT2D eigenvalue weighted by Crippen LogP contribution is 2.67. The summed E-state index contributed by atoms with van der Waals surface area (Å²) in [6.07, 6.45) is 7.66. The first-order valence-corrected chi connectivity index (χ1v) is 13.3. The van der Waals surface area contributed by atoms with Crippen LogP contribution >= 0.6 is 0 Å². The van der Waals surface area contributed by atoms with Gasteiger partial charge in [-0.25, -0.2) is 0 Å². The van der Waals surface area contributed by atoms with Gasteiger partial charge < -0.3 is 19.8 Å². The highest BCUT2D eigenvalue weighted by molar-refractivity contribution is 5.92. The third-order valence-electron chi connectivity index (χ3n) is 9.74. The maximum atomic E-state index is 13.4. The van der Waals surface area contributed by atoms with Gasteiger partial charge in [-0.3, -0.25) is 9.69 Å². The van der Waals surface area contributed by atoms with Crippen molar-refractivity contribution in [3.63, 3.8) is 0 Å². The zero-order valence-corrected chi connectivity index (χ0v) is 21.0. The Hall–Kier alpha value is -2.83. The highest BCUT2D eigenvalue weighted by atomic mass is 16.5. The van der Waals surface area contributed by atoms with Crippen LogP contribution in [0.2, 0.25) is 0 Å². The summed E-state index contributed by atoms with van der Waals surface area (Å²) in [5.74, 6) is 1.29. The molecule has 6 heteroatoms. The van der Waals surface area contributed by atoms with E-state index in [2.05, 4.69) is 4.90 Å². The average Bonchev–Trinajstić information content (AvgIpc) is 3.53. The third-order valence-corrected chi connectivity index (χ3v) is 9.74. The van der Waals surface area contributed by atoms with Crippen LogP contribution in [0.4, 0.5) is 0 Å². The van der Waals surface area contributed by atoms with E-state index < -0.39 is 11.0 Å². The minimum atomic E-state index is -1.00. The summed E-state index contributed by atoms with van der Waals surface area (Å²) >= 11 is 0. The number of nitrogens with zero attached hydrogens (tertiary/aromatic N) is 2. The SMILES string of the molecule is Cc1cccc(C=CC(=O)N(C)[C@H]2C[C@@]3(O)[C@H]4Cc5ccc(O)c6c5[C@@]3(CCN4CC3CC3)[C@H]2O6)c1. The number of aliphatic hydroxyl groups is 1. The first kappa shape index (κ1) is 22.4. The van der Waals surface area contributed by atoms with E-state index in [0.717, 1.165) is 48.5 Å². The van der Waals surface area contributed by atoms with Crippen molar-refractivity contribution in [2.45, 2.75) is 68.2 Å². The molecule has 2 aliphatic heterocycles. The number of hydrogen-bond donors (Lipinski definition) is 2. The van der Waals surface area contributed by atoms with Crippen LogP contribution in [0.25, 0.3) is 6.08 Å². The largest absolute Gasteiger partial charge is 0.504 e. The standard InChI is InChI=1S/C30H34N2O4/c1-18-4-3-5-19(14-18)8-11-25(34)31(2)22-16-30(35)24-15-21-9-10-23(33)27-26(21)29(30,28(22)36-27)12-13-32(24)17-20-6-7-20/h3-5,8-11,14,20,22,24,28,33,35H,6-7,12-13,15-17H2,1-2H3/t22-,24+,28-,29-,30+/m0/s1. The smallest absolute Gasteiger partial charge is 0.246 e. The molecular weight excluding hydrogens is 452 g/mol. The molecule has 36 heavy (non-hydrogen) atoms. The number of carbonyl (C=O) groups is 1. The van der Waals surface area contributed by atoms with Gasteiger partial charge in [-0.2, -0.15) is 0 Å². The maximum Gasteiger partial charge on any atom is 0.246 e. The van der Waals surface area contributed by atoms with Crippen LogP contribution in [-0.2, 0) is 16.6 Å². The quantitative estimate of drug-likeness (QED) is 0.634. The zero-order chi connectivity index (χ0) is 24.8. The maximum absolute atomic E-state index is 13.4. The van der Waals surface area contributed by atoms with Gasteiger partial charge in [-0.05, 0) is 68.3 Å². The molecule has 0 aromatic heterocycles. The summed E-state index contributed by atoms with van der Waals surface area (Å²) in [6.45, 7) is 3.98. The van der Waals surface area contributed by atoms with Crippen molar-refractivity contribution in [3.8, 4) is 11.5 Å². The van der Waals surface area contributed by atoms with Crippen molar-refractivity contribution >= 4 is 12.0 Å². The number of likely N-dealkylation sites (N-methyl/N-ethyl adjacent to an activating group) is 1. The van der Waals surface area contributed by atoms with E-state index in [1.54, 1.807) is 17.0 Å². The van der Waals surface area contributed by atoms with E-state index in [1.807, 2.05) is 50.4 Å². The number of carbonyl (C=O) groups excluding carboxylic acids is 1. The van der Waals surface area contributed by atoms with Crippen LogP contribution in [0.15, 0.2) is 42.5 Å². The van der Waals surface area contributed by atoms with E-state index in [1.165, 1.54) is 18.4 Å². The van der Waals surface area contributed by atoms with Crippen molar-refractivity contribution in [1.82, 2.24) is 9.80 Å². The van der Waals surface area contributed by atoms with Crippen molar-refractivity contribution in [2.75, 3.05) is 20.1 Å². The molecule has 2 aromatic carbocycles. The summed E-state index contributed by atoms with van der Waals surface area (Å²) in [7, 11) is 1.82. The molecule has 0 unspecified atom stereocenters. The number of phenolic OH excluding ortho intramolecular Hbond substituents is 1. The van der Waals surface area contributed by atoms with Crippen LogP contribution in [0, 0.1) is 12.8 Å². The number of aromatic hydroxyl groups is 1. The molecule has 2 aromatic rings. The van der Waals surface area contributed by atoms with Gasteiger partial charge >= 0.3 is 0 Å². The Kier molecular flexibility index (Phi) is 4.72. The van der Waals surface area contributed by atoms with E-state index in [4.69, 9.17) is 4.74 Å². The number of rotatable bonds is 5. The fourth-order valence-corrected chi connectivity index (χ4v) is 7.85. The van der Waals surface area contributed by atoms with E-state index in [0.29, 0.717) is 12.2 Å². The molecule has 2 heterocycles. The Labute approximate surface area is 212 Å². The molecule has 2 bridgehead atoms. The van der Waals surface area contributed by atoms with Crippen LogP contribution in [-0.4, -0.2) is 69.8 Å². The summed E-state index contributed by atoms with van der Waals surface area (Å²) < 4.78 is 6.54. The predicted molar refractivity (Wildman–Crippen MR) is 137 cm³/mol. The number of piperidine rings is 1. The molecule has 5 aliphatic rings. The van der Waals surface area contributed by atoms with Crippen LogP contribution in [0.3, 0.4) is 0 Å². The monoisotopic (exact) mass is 486 g/mol. The number of hydrogen-bond acceptors (Lipinski definition) is 5. The summed E-state index contributed by atoms with van der Waals surface area (Å²) in [6, 6.07) is 11.5. The minimum absolute atomic E-state index is 0.00252. The van der Waals surface area contributed by atoms with Crippen LogP contribution < -0.4 is 4.74 Å². The lowest BCUT2D eigenvalue weighted by Gasteiger charge is -2.57. The Bertz CT molecular complexity index is 1290. The number of amides is 1. The number of benzene rings is 2. The Morgan fingerprint density at radius 1 is 1.28 bits per heavy atom. The fourth-order valence-electron chi connectivity index (χ4n) is 7.85. The van der Waals surface area contributed by atoms with Gasteiger partial charge in [0.1, 0.15) is 6.10 Å². The normalized spacial score (nSPS) is 34.0. The molecule has 3 fully saturated rings. The zero-order valence-electron chi connectivity index (χ0n) is 21.0. The Morgan fingerprint density at radius 2 is 2.11 bits per heavy atom. The molecule has 1 saturated heterocycles. The third kappa shape index (κ3) is 2.94. The molecule has 2 saturated carbocycles. The lowest BCUT2D eigenvalue weighted by molar-refractivity contribution is -0.138. The summed E-state index contributed by atoms with van der Waals surface area (Å²) in [5.41, 5.74) is 2.70. The molecule has 7 rings (SSSR count). The van der Waals surface area contributed by atoms with Gasteiger partial charge in [0.15, 0.2) is 11.5 Å². The lowest BCUT2D eigenvalue weighted by Crippen LogP contribution is -2.70. The fraction of sp³-hybridized carbons (Fsp3) is 0.500. The summed E-state index contributed by atoms with van der Waals surface area (Å²) in [5, 5.41) is 23.3. The Balaban J connectivity index is 1.26. The van der Waals surface area contributed by atoms with Gasteiger partial charge in [0, 0.05) is 37.7 Å². The minimum Gasteiger partial charge on any atom is -0.504 e. The molecule has 2 N–H and O–H groups in total. The second kappa shape index (κ2) is 7.59. The van der Waals surface area contributed by atoms with E-state index in [9.17, 15) is 15.0 Å². The van der Waals surface area contributed by atoms with Gasteiger partial charge in [-0.1, -0.05) is 35.9 Å². The van der Waals surface area contributed by atoms with Gasteiger partial charge in [0.05, 0.1) is 17.1 Å². The van der Waals surface area contributed by atoms with E-state index >= 15 is 0 Å². The van der Waals surface area contributed by atoms with Crippen molar-refractivity contribution < 1.29 is 19.7 Å². The van der Waals surface area contributed by atoms with Gasteiger partial charge in [-0.15, -0.1) is 0 Å². The second-order valence-electron chi connectivity index (χ2n) is 11.8. The molecule has 0 radical (unpaired) electrons. The lowest BCUT2D eigenvalue weighted by atomic mass is 9.56. The molecule has 6 nitrogen and oxygen atoms in total. The van der Waals surface area contributed by atoms with E-state index in [-0.39, 0.29) is 29.8 Å². The second-order valence-corrected chi connectivity index (χ2v) is 11.8. The van der Waals surface area contributed by atoms with Crippen LogP contribution in [0.5, 0.6) is 11.5 Å².